The Kier molecular flexibility index (Phi) is 6.53. The van der Waals surface area contributed by atoms with E-state index in [0.29, 0.717) is 9.75 Å². The van der Waals surface area contributed by atoms with E-state index in [2.05, 4.69) is 0 Å². The summed E-state index contributed by atoms with van der Waals surface area (Å²) in [6.07, 6.45) is 0. The van der Waals surface area contributed by atoms with Gasteiger partial charge in [-0.15, -0.1) is 68.0 Å². The zero-order valence-corrected chi connectivity index (χ0v) is 25.2. The molecule has 6 aromatic heterocycles. The Hall–Kier alpha value is -2.48. The van der Waals surface area contributed by atoms with Crippen LogP contribution in [0.1, 0.15) is 11.1 Å². The Morgan fingerprint density at radius 3 is 1.22 bits per heavy atom. The normalized spacial score (nSPS) is 17.5. The van der Waals surface area contributed by atoms with Crippen molar-refractivity contribution in [1.82, 2.24) is 0 Å². The van der Waals surface area contributed by atoms with Gasteiger partial charge >= 0.3 is 17.8 Å². The number of halogens is 6. The molecule has 0 atom stereocenters. The van der Waals surface area contributed by atoms with E-state index in [4.69, 9.17) is 0 Å². The molecule has 0 nitrogen and oxygen atoms in total. The third-order valence-electron chi connectivity index (χ3n) is 6.72. The largest absolute Gasteiger partial charge is 0.380 e. The third kappa shape index (κ3) is 4.09. The molecule has 6 heterocycles. The van der Waals surface area contributed by atoms with Gasteiger partial charge in [0, 0.05) is 51.5 Å². The molecule has 12 heteroatoms. The highest BCUT2D eigenvalue weighted by molar-refractivity contribution is 7.26. The van der Waals surface area contributed by atoms with Crippen LogP contribution in [0, 0.1) is 0 Å². The topological polar surface area (TPSA) is 0 Å². The predicted octanol–water partition coefficient (Wildman–Crippen LogP) is 12.6. The first-order valence-corrected chi connectivity index (χ1v) is 17.1. The molecule has 0 radical (unpaired) electrons. The van der Waals surface area contributed by atoms with Gasteiger partial charge in [-0.3, -0.25) is 0 Å². The van der Waals surface area contributed by atoms with Crippen LogP contribution in [0.5, 0.6) is 0 Å². The lowest BCUT2D eigenvalue weighted by Gasteiger charge is -2.25. The smallest absolute Gasteiger partial charge is 0.194 e. The second-order valence-corrected chi connectivity index (χ2v) is 15.0. The Morgan fingerprint density at radius 2 is 0.829 bits per heavy atom. The molecule has 7 rings (SSSR count). The highest BCUT2D eigenvalue weighted by Crippen LogP contribution is 2.66. The van der Waals surface area contributed by atoms with Crippen LogP contribution in [0.3, 0.4) is 0 Å². The summed E-state index contributed by atoms with van der Waals surface area (Å²) in [4.78, 5) is 5.27. The van der Waals surface area contributed by atoms with Crippen molar-refractivity contribution < 1.29 is 26.3 Å². The van der Waals surface area contributed by atoms with Gasteiger partial charge in [0.25, 0.3) is 0 Å². The van der Waals surface area contributed by atoms with Gasteiger partial charge in [0.1, 0.15) is 0 Å². The number of thiophene rings is 6. The molecule has 41 heavy (non-hydrogen) atoms. The van der Waals surface area contributed by atoms with E-state index in [-0.39, 0.29) is 20.9 Å². The summed E-state index contributed by atoms with van der Waals surface area (Å²) in [6.45, 7) is 0. The fourth-order valence-electron chi connectivity index (χ4n) is 4.85. The zero-order valence-electron chi connectivity index (χ0n) is 20.3. The molecule has 0 N–H and O–H groups in total. The van der Waals surface area contributed by atoms with Crippen LogP contribution < -0.4 is 0 Å². The van der Waals surface area contributed by atoms with Crippen molar-refractivity contribution >= 4 is 79.2 Å². The Balaban J connectivity index is 1.42. The molecule has 0 spiro atoms. The van der Waals surface area contributed by atoms with Crippen LogP contribution in [0.25, 0.3) is 50.2 Å². The van der Waals surface area contributed by atoms with Crippen LogP contribution in [-0.4, -0.2) is 17.8 Å². The summed E-state index contributed by atoms with van der Waals surface area (Å²) in [5.74, 6) is -15.8. The van der Waals surface area contributed by atoms with E-state index < -0.39 is 28.9 Å². The average molecular weight is 669 g/mol. The van der Waals surface area contributed by atoms with E-state index in [9.17, 15) is 0 Å². The van der Waals surface area contributed by atoms with E-state index in [0.717, 1.165) is 42.2 Å². The molecule has 0 unspecified atom stereocenters. The van der Waals surface area contributed by atoms with Crippen LogP contribution in [0.15, 0.2) is 82.2 Å². The lowest BCUT2D eigenvalue weighted by atomic mass is 9.95. The highest BCUT2D eigenvalue weighted by atomic mass is 32.1. The van der Waals surface area contributed by atoms with Gasteiger partial charge in [-0.1, -0.05) is 12.1 Å². The first-order valence-electron chi connectivity index (χ1n) is 11.9. The molecule has 6 aromatic rings. The van der Waals surface area contributed by atoms with E-state index in [1.807, 2.05) is 47.2 Å². The van der Waals surface area contributed by atoms with E-state index in [1.165, 1.54) is 68.2 Å². The molecule has 0 saturated heterocycles. The quantitative estimate of drug-likeness (QED) is 0.155. The Morgan fingerprint density at radius 1 is 0.415 bits per heavy atom. The van der Waals surface area contributed by atoms with Crippen LogP contribution in [0.4, 0.5) is 26.3 Å². The summed E-state index contributed by atoms with van der Waals surface area (Å²) in [5.41, 5.74) is -3.22. The maximum atomic E-state index is 15.7. The minimum Gasteiger partial charge on any atom is -0.194 e. The van der Waals surface area contributed by atoms with Crippen molar-refractivity contribution in [1.29, 1.82) is 0 Å². The molecule has 0 saturated carbocycles. The van der Waals surface area contributed by atoms with Gasteiger partial charge in [0.05, 0.1) is 9.75 Å². The number of hydrogen-bond acceptors (Lipinski definition) is 6. The van der Waals surface area contributed by atoms with Crippen LogP contribution in [0.2, 0.25) is 0 Å². The lowest BCUT2D eigenvalue weighted by Crippen LogP contribution is -2.48. The number of alkyl halides is 6. The zero-order chi connectivity index (χ0) is 28.6. The van der Waals surface area contributed by atoms with Crippen LogP contribution in [-0.2, 0) is 0 Å². The molecular weight excluding hydrogens is 655 g/mol. The second-order valence-electron chi connectivity index (χ2n) is 9.08. The molecule has 0 bridgehead atoms. The highest BCUT2D eigenvalue weighted by Gasteiger charge is 2.80. The van der Waals surface area contributed by atoms with Crippen molar-refractivity contribution in [2.24, 2.45) is 0 Å². The Bertz CT molecular complexity index is 1740. The van der Waals surface area contributed by atoms with Crippen LogP contribution >= 0.6 is 68.0 Å². The molecule has 208 valence electrons. The number of rotatable bonds is 6. The van der Waals surface area contributed by atoms with Crippen molar-refractivity contribution in [3.8, 4) is 39.0 Å². The molecule has 1 aliphatic carbocycles. The molecule has 0 fully saturated rings. The molecule has 0 aliphatic heterocycles. The van der Waals surface area contributed by atoms with Crippen molar-refractivity contribution in [2.75, 3.05) is 0 Å². The summed E-state index contributed by atoms with van der Waals surface area (Å²) >= 11 is 7.75. The van der Waals surface area contributed by atoms with Gasteiger partial charge in [0.15, 0.2) is 0 Å². The molecule has 0 amide bonds. The maximum absolute atomic E-state index is 15.7. The first kappa shape index (κ1) is 27.4. The molecular formula is C29H14F6S6. The third-order valence-corrected chi connectivity index (χ3v) is 13.2. The monoisotopic (exact) mass is 668 g/mol. The fourth-order valence-corrected chi connectivity index (χ4v) is 10.6. The van der Waals surface area contributed by atoms with Crippen molar-refractivity contribution in [3.05, 3.63) is 93.3 Å². The molecule has 1 aliphatic rings. The van der Waals surface area contributed by atoms with E-state index in [1.54, 1.807) is 12.1 Å². The molecule has 0 aromatic carbocycles. The first-order chi connectivity index (χ1) is 19.6. The minimum absolute atomic E-state index is 0.256. The average Bonchev–Trinajstić information content (AvgIpc) is 3.78. The standard InChI is InChI=1S/C29H14F6S6/c30-27(31)23(15-9-13-38-25(15)21-7-5-19(40-21)17-3-1-11-36-17)24(28(32,33)29(27,34)35)16-10-14-39-26(16)22-8-6-20(41-22)18-4-2-12-37-18/h1-14H. The number of allylic oxidation sites excluding steroid dienone is 2. The summed E-state index contributed by atoms with van der Waals surface area (Å²) in [6, 6.07) is 17.1. The maximum Gasteiger partial charge on any atom is 0.380 e. The van der Waals surface area contributed by atoms with Gasteiger partial charge < -0.3 is 0 Å². The summed E-state index contributed by atoms with van der Waals surface area (Å²) in [7, 11) is 0. The SMILES string of the molecule is FC1(F)C(c2ccsc2-c2ccc(-c3cccs3)s2)=C(c2ccsc2-c2ccc(-c3cccs3)s2)C(F)(F)C1(F)F. The van der Waals surface area contributed by atoms with Crippen molar-refractivity contribution in [3.63, 3.8) is 0 Å². The summed E-state index contributed by atoms with van der Waals surface area (Å²) < 4.78 is 92.9. The van der Waals surface area contributed by atoms with Gasteiger partial charge in [-0.05, 0) is 70.1 Å². The minimum atomic E-state index is -5.61. The fraction of sp³-hybridized carbons (Fsp3) is 0.103. The second kappa shape index (κ2) is 9.78. The van der Waals surface area contributed by atoms with Gasteiger partial charge in [-0.2, -0.15) is 26.3 Å². The summed E-state index contributed by atoms with van der Waals surface area (Å²) in [5, 5.41) is 6.76. The van der Waals surface area contributed by atoms with E-state index >= 15 is 26.3 Å². The van der Waals surface area contributed by atoms with Gasteiger partial charge in [-0.25, -0.2) is 0 Å². The number of hydrogen-bond donors (Lipinski definition) is 0. The van der Waals surface area contributed by atoms with Crippen molar-refractivity contribution in [2.45, 2.75) is 17.8 Å². The lowest BCUT2D eigenvalue weighted by molar-refractivity contribution is -0.254. The van der Waals surface area contributed by atoms with Gasteiger partial charge in [0.2, 0.25) is 0 Å². The Labute approximate surface area is 254 Å². The predicted molar refractivity (Wildman–Crippen MR) is 164 cm³/mol.